The predicted molar refractivity (Wildman–Crippen MR) is 104 cm³/mol. The molecular weight excluding hydrogens is 364 g/mol. The molecule has 0 atom stereocenters. The van der Waals surface area contributed by atoms with Crippen molar-refractivity contribution < 1.29 is 17.6 Å². The Bertz CT molecular complexity index is 820. The van der Waals surface area contributed by atoms with Gasteiger partial charge in [0.25, 0.3) is 0 Å². The molecule has 0 aliphatic heterocycles. The molecule has 0 heterocycles. The van der Waals surface area contributed by atoms with E-state index >= 15 is 0 Å². The molecular formula is C24H28F4. The normalized spacial score (nSPS) is 19.8. The number of hydrogen-bond donors (Lipinski definition) is 0. The minimum Gasteiger partial charge on any atom is -0.203 e. The van der Waals surface area contributed by atoms with Gasteiger partial charge in [0.05, 0.1) is 0 Å². The molecule has 3 rings (SSSR count). The monoisotopic (exact) mass is 392 g/mol. The van der Waals surface area contributed by atoms with Crippen LogP contribution in [0.25, 0.3) is 0 Å². The second-order valence-electron chi connectivity index (χ2n) is 8.12. The van der Waals surface area contributed by atoms with Crippen LogP contribution in [-0.2, 0) is 12.8 Å². The summed E-state index contributed by atoms with van der Waals surface area (Å²) in [6, 6.07) is 6.75. The van der Waals surface area contributed by atoms with Gasteiger partial charge in [0, 0.05) is 0 Å². The van der Waals surface area contributed by atoms with E-state index in [1.807, 2.05) is 6.92 Å². The van der Waals surface area contributed by atoms with Crippen LogP contribution in [0.5, 0.6) is 0 Å². The summed E-state index contributed by atoms with van der Waals surface area (Å²) in [6.45, 7) is 3.51. The molecule has 1 saturated carbocycles. The van der Waals surface area contributed by atoms with Gasteiger partial charge in [-0.05, 0) is 86.0 Å². The first-order valence-corrected chi connectivity index (χ1v) is 10.3. The number of aryl methyl sites for hydroxylation is 3. The first-order valence-electron chi connectivity index (χ1n) is 10.3. The van der Waals surface area contributed by atoms with E-state index in [4.69, 9.17) is 0 Å². The van der Waals surface area contributed by atoms with Gasteiger partial charge in [-0.25, -0.2) is 17.6 Å². The zero-order valence-corrected chi connectivity index (χ0v) is 16.6. The summed E-state index contributed by atoms with van der Waals surface area (Å²) in [4.78, 5) is 0. The third kappa shape index (κ3) is 4.42. The molecule has 1 fully saturated rings. The maximum atomic E-state index is 14.3. The number of hydrogen-bond acceptors (Lipinski definition) is 0. The van der Waals surface area contributed by atoms with Gasteiger partial charge >= 0.3 is 0 Å². The lowest BCUT2D eigenvalue weighted by Gasteiger charge is -2.29. The summed E-state index contributed by atoms with van der Waals surface area (Å²) in [7, 11) is 0. The largest absolute Gasteiger partial charge is 0.203 e. The summed E-state index contributed by atoms with van der Waals surface area (Å²) in [5.41, 5.74) is 1.68. The average Bonchev–Trinajstić information content (AvgIpc) is 2.70. The molecule has 0 unspecified atom stereocenters. The van der Waals surface area contributed by atoms with Crippen molar-refractivity contribution in [3.05, 3.63) is 69.8 Å². The summed E-state index contributed by atoms with van der Waals surface area (Å²) < 4.78 is 56.5. The molecule has 0 aromatic heterocycles. The van der Waals surface area contributed by atoms with Crippen molar-refractivity contribution >= 4 is 0 Å². The maximum Gasteiger partial charge on any atom is 0.162 e. The van der Waals surface area contributed by atoms with Crippen molar-refractivity contribution in [2.45, 2.75) is 71.1 Å². The highest BCUT2D eigenvalue weighted by Crippen LogP contribution is 2.39. The summed E-state index contributed by atoms with van der Waals surface area (Å²) in [5, 5.41) is 0. The lowest BCUT2D eigenvalue weighted by atomic mass is 9.76. The van der Waals surface area contributed by atoms with Gasteiger partial charge in [0.2, 0.25) is 0 Å². The van der Waals surface area contributed by atoms with Crippen LogP contribution in [0.2, 0.25) is 0 Å². The molecule has 0 radical (unpaired) electrons. The third-order valence-corrected chi connectivity index (χ3v) is 6.18. The van der Waals surface area contributed by atoms with Gasteiger partial charge in [-0.2, -0.15) is 0 Å². The summed E-state index contributed by atoms with van der Waals surface area (Å²) in [5.74, 6) is -2.44. The van der Waals surface area contributed by atoms with Gasteiger partial charge in [-0.15, -0.1) is 0 Å². The lowest BCUT2D eigenvalue weighted by molar-refractivity contribution is 0.303. The van der Waals surface area contributed by atoms with Gasteiger partial charge in [0.15, 0.2) is 23.3 Å². The molecule has 0 saturated heterocycles. The van der Waals surface area contributed by atoms with Crippen molar-refractivity contribution in [3.8, 4) is 0 Å². The smallest absolute Gasteiger partial charge is 0.162 e. The molecule has 0 spiro atoms. The zero-order chi connectivity index (χ0) is 20.3. The highest BCUT2D eigenvalue weighted by molar-refractivity contribution is 5.29. The molecule has 152 valence electrons. The summed E-state index contributed by atoms with van der Waals surface area (Å²) in [6.07, 6.45) is 6.04. The Kier molecular flexibility index (Phi) is 6.79. The maximum absolute atomic E-state index is 14.3. The van der Waals surface area contributed by atoms with E-state index in [0.717, 1.165) is 38.5 Å². The quantitative estimate of drug-likeness (QED) is 0.449. The molecule has 28 heavy (non-hydrogen) atoms. The van der Waals surface area contributed by atoms with Crippen molar-refractivity contribution in [2.75, 3.05) is 0 Å². The fourth-order valence-electron chi connectivity index (χ4n) is 4.38. The molecule has 2 aromatic rings. The Hall–Kier alpha value is -1.84. The molecule has 2 aromatic carbocycles. The van der Waals surface area contributed by atoms with Crippen LogP contribution in [0, 0.1) is 36.1 Å². The molecule has 0 nitrogen and oxygen atoms in total. The van der Waals surface area contributed by atoms with Gasteiger partial charge < -0.3 is 0 Å². The van der Waals surface area contributed by atoms with Crippen LogP contribution in [0.4, 0.5) is 17.6 Å². The first kappa shape index (κ1) is 20.9. The molecule has 1 aliphatic carbocycles. The van der Waals surface area contributed by atoms with E-state index in [0.29, 0.717) is 41.0 Å². The second kappa shape index (κ2) is 9.11. The molecule has 0 amide bonds. The van der Waals surface area contributed by atoms with E-state index in [-0.39, 0.29) is 5.92 Å². The lowest BCUT2D eigenvalue weighted by Crippen LogP contribution is -2.16. The third-order valence-electron chi connectivity index (χ3n) is 6.18. The van der Waals surface area contributed by atoms with Crippen LogP contribution in [0.1, 0.15) is 73.6 Å². The Morgan fingerprint density at radius 2 is 1.36 bits per heavy atom. The highest BCUT2D eigenvalue weighted by atomic mass is 19.2. The summed E-state index contributed by atoms with van der Waals surface area (Å²) >= 11 is 0. The van der Waals surface area contributed by atoms with Crippen molar-refractivity contribution in [3.63, 3.8) is 0 Å². The SMILES string of the molecule is CCCc1ccc(CCC2CCC(c3ccc(C)c(F)c3F)CC2)c(F)c1F. The Morgan fingerprint density at radius 3 is 1.96 bits per heavy atom. The molecule has 4 heteroatoms. The topological polar surface area (TPSA) is 0 Å². The van der Waals surface area contributed by atoms with Crippen LogP contribution in [0.3, 0.4) is 0 Å². The number of benzene rings is 2. The van der Waals surface area contributed by atoms with Gasteiger partial charge in [-0.3, -0.25) is 0 Å². The van der Waals surface area contributed by atoms with E-state index in [9.17, 15) is 17.6 Å². The van der Waals surface area contributed by atoms with E-state index in [1.165, 1.54) is 0 Å². The predicted octanol–water partition coefficient (Wildman–Crippen LogP) is 7.41. The van der Waals surface area contributed by atoms with Crippen molar-refractivity contribution in [2.24, 2.45) is 5.92 Å². The fraction of sp³-hybridized carbons (Fsp3) is 0.500. The standard InChI is InChI=1S/C24H28F4/c1-3-4-18-12-13-19(23(27)22(18)26)11-8-16-6-9-17(10-7-16)20-14-5-15(2)21(25)24(20)28/h5,12-14,16-17H,3-4,6-11H2,1-2H3. The van der Waals surface area contributed by atoms with E-state index in [1.54, 1.807) is 31.2 Å². The molecule has 1 aliphatic rings. The molecule has 0 N–H and O–H groups in total. The highest BCUT2D eigenvalue weighted by Gasteiger charge is 2.26. The molecule has 0 bridgehead atoms. The number of halogens is 4. The van der Waals surface area contributed by atoms with Crippen LogP contribution >= 0.6 is 0 Å². The van der Waals surface area contributed by atoms with Crippen molar-refractivity contribution in [1.29, 1.82) is 0 Å². The van der Waals surface area contributed by atoms with Gasteiger partial charge in [0.1, 0.15) is 0 Å². The number of rotatable bonds is 6. The minimum absolute atomic E-state index is 0.0360. The Balaban J connectivity index is 1.57. The Morgan fingerprint density at radius 1 is 0.750 bits per heavy atom. The van der Waals surface area contributed by atoms with Gasteiger partial charge in [-0.1, -0.05) is 37.6 Å². The minimum atomic E-state index is -0.747. The van der Waals surface area contributed by atoms with Crippen molar-refractivity contribution in [1.82, 2.24) is 0 Å². The van der Waals surface area contributed by atoms with Crippen LogP contribution < -0.4 is 0 Å². The van der Waals surface area contributed by atoms with E-state index in [2.05, 4.69) is 0 Å². The van der Waals surface area contributed by atoms with Crippen LogP contribution in [-0.4, -0.2) is 0 Å². The zero-order valence-electron chi connectivity index (χ0n) is 16.6. The van der Waals surface area contributed by atoms with E-state index < -0.39 is 23.3 Å². The first-order chi connectivity index (χ1) is 13.4. The Labute approximate surface area is 165 Å². The van der Waals surface area contributed by atoms with Crippen LogP contribution in [0.15, 0.2) is 24.3 Å². The average molecular weight is 392 g/mol. The second-order valence-corrected chi connectivity index (χ2v) is 8.12. The fourth-order valence-corrected chi connectivity index (χ4v) is 4.38.